The second-order valence-corrected chi connectivity index (χ2v) is 2.70. The minimum atomic E-state index is -0.936. The van der Waals surface area contributed by atoms with Crippen LogP contribution < -0.4 is 16.5 Å². The lowest BCUT2D eigenvalue weighted by molar-refractivity contribution is 0.0697. The Morgan fingerprint density at radius 1 is 1.29 bits per heavy atom. The lowest BCUT2D eigenvalue weighted by atomic mass is 10.1. The van der Waals surface area contributed by atoms with Gasteiger partial charge in [-0.05, 0) is 12.1 Å². The summed E-state index contributed by atoms with van der Waals surface area (Å²) in [6.07, 6.45) is 0. The number of amidine groups is 1. The molecule has 1 heterocycles. The highest BCUT2D eigenvalue weighted by Gasteiger charge is 2.08. The van der Waals surface area contributed by atoms with Gasteiger partial charge in [0.15, 0.2) is 5.84 Å². The van der Waals surface area contributed by atoms with Crippen LogP contribution in [0.3, 0.4) is 0 Å². The minimum absolute atomic E-state index is 0.258. The zero-order chi connectivity index (χ0) is 9.97. The Kier molecular flexibility index (Phi) is 2.04. The van der Waals surface area contributed by atoms with Gasteiger partial charge in [0.2, 0.25) is 0 Å². The summed E-state index contributed by atoms with van der Waals surface area (Å²) in [5.74, 6) is -0.309. The number of rotatable bonds is 2. The monoisotopic (exact) mass is 192 g/mol. The van der Waals surface area contributed by atoms with Crippen molar-refractivity contribution in [3.05, 3.63) is 35.4 Å². The number of hydrazone groups is 1. The number of benzene rings is 1. The summed E-state index contributed by atoms with van der Waals surface area (Å²) in [6, 6.07) is 6.42. The summed E-state index contributed by atoms with van der Waals surface area (Å²) < 4.78 is 0. The molecule has 1 aliphatic heterocycles. The molecule has 0 saturated carbocycles. The zero-order valence-corrected chi connectivity index (χ0v) is 7.11. The molecule has 0 bridgehead atoms. The molecule has 0 fully saturated rings. The quantitative estimate of drug-likeness (QED) is 0.515. The molecule has 2 rings (SSSR count). The van der Waals surface area contributed by atoms with Crippen LogP contribution in [0.5, 0.6) is 0 Å². The fraction of sp³-hybridized carbons (Fsp3) is 0. The highest BCUT2D eigenvalue weighted by Crippen LogP contribution is 2.05. The average molecular weight is 192 g/mol. The molecule has 1 aromatic carbocycles. The molecular weight excluding hydrogens is 184 g/mol. The van der Waals surface area contributed by atoms with Gasteiger partial charge in [0.25, 0.3) is 0 Å². The number of hydrazine groups is 2. The molecule has 0 aliphatic carbocycles. The lowest BCUT2D eigenvalue weighted by Gasteiger charge is -2.00. The highest BCUT2D eigenvalue weighted by atomic mass is 16.4. The molecule has 0 amide bonds. The number of carboxylic acids is 1. The fourth-order valence-electron chi connectivity index (χ4n) is 1.11. The van der Waals surface area contributed by atoms with Crippen LogP contribution in [0.15, 0.2) is 29.4 Å². The van der Waals surface area contributed by atoms with E-state index in [0.29, 0.717) is 5.84 Å². The van der Waals surface area contributed by atoms with Gasteiger partial charge in [0, 0.05) is 5.56 Å². The van der Waals surface area contributed by atoms with Crippen molar-refractivity contribution in [2.75, 3.05) is 0 Å². The van der Waals surface area contributed by atoms with E-state index >= 15 is 0 Å². The Morgan fingerprint density at radius 3 is 2.50 bits per heavy atom. The third-order valence-corrected chi connectivity index (χ3v) is 1.81. The molecule has 0 radical (unpaired) electrons. The topological polar surface area (TPSA) is 85.8 Å². The lowest BCUT2D eigenvalue weighted by Crippen LogP contribution is -2.35. The van der Waals surface area contributed by atoms with Crippen molar-refractivity contribution in [3.8, 4) is 0 Å². The van der Waals surface area contributed by atoms with Gasteiger partial charge in [0.05, 0.1) is 5.56 Å². The molecule has 0 atom stereocenters. The zero-order valence-electron chi connectivity index (χ0n) is 7.11. The standard InChI is InChI=1S/C8H8N4O2/c13-8(14)6-3-1-5(2-4-6)7-9-11-12-10-7/h1-4,11-12H,(H,9,10)(H,13,14). The smallest absolute Gasteiger partial charge is 0.335 e. The first kappa shape index (κ1) is 8.52. The van der Waals surface area contributed by atoms with Crippen LogP contribution in [-0.4, -0.2) is 16.9 Å². The van der Waals surface area contributed by atoms with Crippen molar-refractivity contribution in [1.82, 2.24) is 16.5 Å². The van der Waals surface area contributed by atoms with Crippen LogP contribution in [0.1, 0.15) is 15.9 Å². The molecular formula is C8H8N4O2. The third kappa shape index (κ3) is 1.50. The van der Waals surface area contributed by atoms with Crippen LogP contribution in [0.4, 0.5) is 0 Å². The molecule has 14 heavy (non-hydrogen) atoms. The first-order valence-corrected chi connectivity index (χ1v) is 3.95. The van der Waals surface area contributed by atoms with Crippen LogP contribution in [-0.2, 0) is 0 Å². The largest absolute Gasteiger partial charge is 0.478 e. The first-order valence-electron chi connectivity index (χ1n) is 3.95. The van der Waals surface area contributed by atoms with Gasteiger partial charge < -0.3 is 5.11 Å². The molecule has 72 valence electrons. The molecule has 0 aromatic heterocycles. The van der Waals surface area contributed by atoms with Crippen LogP contribution >= 0.6 is 0 Å². The summed E-state index contributed by atoms with van der Waals surface area (Å²) in [5.41, 5.74) is 8.94. The number of nitrogens with zero attached hydrogens (tertiary/aromatic N) is 1. The van der Waals surface area contributed by atoms with Gasteiger partial charge in [-0.15, -0.1) is 10.6 Å². The molecule has 1 aliphatic rings. The third-order valence-electron chi connectivity index (χ3n) is 1.81. The van der Waals surface area contributed by atoms with Crippen molar-refractivity contribution in [3.63, 3.8) is 0 Å². The number of carbonyl (C=O) groups is 1. The predicted molar refractivity (Wildman–Crippen MR) is 49.3 cm³/mol. The van der Waals surface area contributed by atoms with Crippen molar-refractivity contribution >= 4 is 11.8 Å². The Labute approximate surface area is 79.6 Å². The number of hydrogen-bond donors (Lipinski definition) is 4. The minimum Gasteiger partial charge on any atom is -0.478 e. The summed E-state index contributed by atoms with van der Waals surface area (Å²) in [7, 11) is 0. The molecule has 0 spiro atoms. The maximum Gasteiger partial charge on any atom is 0.335 e. The molecule has 0 unspecified atom stereocenters. The van der Waals surface area contributed by atoms with Gasteiger partial charge in [-0.3, -0.25) is 5.43 Å². The van der Waals surface area contributed by atoms with E-state index in [2.05, 4.69) is 21.6 Å². The summed E-state index contributed by atoms with van der Waals surface area (Å²) >= 11 is 0. The maximum atomic E-state index is 10.6. The van der Waals surface area contributed by atoms with Gasteiger partial charge in [-0.2, -0.15) is 0 Å². The van der Waals surface area contributed by atoms with Gasteiger partial charge in [0.1, 0.15) is 0 Å². The summed E-state index contributed by atoms with van der Waals surface area (Å²) in [4.78, 5) is 10.6. The first-order chi connectivity index (χ1) is 6.77. The summed E-state index contributed by atoms with van der Waals surface area (Å²) in [6.45, 7) is 0. The number of carboxylic acid groups (broad SMARTS) is 1. The average Bonchev–Trinajstić information content (AvgIpc) is 2.71. The number of aromatic carboxylic acids is 1. The Balaban J connectivity index is 2.25. The number of nitrogens with one attached hydrogen (secondary N) is 3. The van der Waals surface area contributed by atoms with E-state index in [1.54, 1.807) is 12.1 Å². The van der Waals surface area contributed by atoms with Crippen molar-refractivity contribution in [2.24, 2.45) is 5.10 Å². The van der Waals surface area contributed by atoms with Crippen molar-refractivity contribution < 1.29 is 9.90 Å². The van der Waals surface area contributed by atoms with E-state index in [9.17, 15) is 4.79 Å². The second-order valence-electron chi connectivity index (χ2n) is 2.70. The second kappa shape index (κ2) is 3.35. The van der Waals surface area contributed by atoms with E-state index < -0.39 is 5.97 Å². The highest BCUT2D eigenvalue weighted by molar-refractivity contribution is 5.99. The van der Waals surface area contributed by atoms with E-state index in [1.807, 2.05) is 0 Å². The van der Waals surface area contributed by atoms with E-state index in [0.717, 1.165) is 5.56 Å². The van der Waals surface area contributed by atoms with E-state index in [1.165, 1.54) is 12.1 Å². The Bertz CT molecular complexity index is 385. The predicted octanol–water partition coefficient (Wildman–Crippen LogP) is -0.341. The molecule has 0 saturated heterocycles. The van der Waals surface area contributed by atoms with Gasteiger partial charge in [-0.1, -0.05) is 12.1 Å². The normalized spacial score (nSPS) is 14.1. The van der Waals surface area contributed by atoms with E-state index in [4.69, 9.17) is 5.11 Å². The Morgan fingerprint density at radius 2 is 2.00 bits per heavy atom. The number of hydrogen-bond acceptors (Lipinski definition) is 5. The molecule has 1 aromatic rings. The Hall–Kier alpha value is -2.08. The van der Waals surface area contributed by atoms with Crippen molar-refractivity contribution in [2.45, 2.75) is 0 Å². The van der Waals surface area contributed by atoms with Gasteiger partial charge in [-0.25, -0.2) is 10.3 Å². The summed E-state index contributed by atoms with van der Waals surface area (Å²) in [5, 5.41) is 12.5. The van der Waals surface area contributed by atoms with Crippen LogP contribution in [0.25, 0.3) is 0 Å². The molecule has 4 N–H and O–H groups in total. The van der Waals surface area contributed by atoms with Crippen LogP contribution in [0, 0.1) is 0 Å². The maximum absolute atomic E-state index is 10.6. The van der Waals surface area contributed by atoms with Crippen molar-refractivity contribution in [1.29, 1.82) is 0 Å². The fourth-order valence-corrected chi connectivity index (χ4v) is 1.11. The van der Waals surface area contributed by atoms with Gasteiger partial charge >= 0.3 is 5.97 Å². The SMILES string of the molecule is O=C(O)c1ccc(C2=NNNN2)cc1. The van der Waals surface area contributed by atoms with Crippen LogP contribution in [0.2, 0.25) is 0 Å². The molecule has 6 heteroatoms. The van der Waals surface area contributed by atoms with E-state index in [-0.39, 0.29) is 5.56 Å². The molecule has 6 nitrogen and oxygen atoms in total.